The van der Waals surface area contributed by atoms with E-state index >= 15 is 0 Å². The Labute approximate surface area is 200 Å². The van der Waals surface area contributed by atoms with Gasteiger partial charge in [0.25, 0.3) is 5.69 Å². The van der Waals surface area contributed by atoms with Crippen molar-refractivity contribution in [3.8, 4) is 11.8 Å². The van der Waals surface area contributed by atoms with Crippen molar-refractivity contribution in [2.45, 2.75) is 23.6 Å². The summed E-state index contributed by atoms with van der Waals surface area (Å²) in [5, 5.41) is 20.4. The highest BCUT2D eigenvalue weighted by Gasteiger charge is 2.13. The van der Waals surface area contributed by atoms with Crippen LogP contribution in [0.25, 0.3) is 17.3 Å². The van der Waals surface area contributed by atoms with Crippen LogP contribution in [0.4, 0.5) is 10.1 Å². The molecule has 5 nitrogen and oxygen atoms in total. The number of benzene rings is 3. The Morgan fingerprint density at radius 3 is 2.24 bits per heavy atom. The van der Waals surface area contributed by atoms with Gasteiger partial charge in [-0.25, -0.2) is 4.39 Å². The molecule has 0 saturated heterocycles. The standard InChI is InChI=1S/C27H20FN3O2S/c1-18-15-20(16-21(17-29)26-5-3-4-6-27(26)28)19(2)30(18)22-7-11-24(12-8-22)34-25-13-9-23(10-14-25)31(32)33/h3-16H,1-2H3. The van der Waals surface area contributed by atoms with E-state index in [1.54, 1.807) is 36.4 Å². The molecule has 0 saturated carbocycles. The van der Waals surface area contributed by atoms with Gasteiger partial charge in [-0.1, -0.05) is 30.0 Å². The van der Waals surface area contributed by atoms with E-state index in [-0.39, 0.29) is 16.8 Å². The van der Waals surface area contributed by atoms with E-state index in [1.807, 2.05) is 44.2 Å². The number of nitro benzene ring substituents is 1. The summed E-state index contributed by atoms with van der Waals surface area (Å²) >= 11 is 1.52. The van der Waals surface area contributed by atoms with Crippen molar-refractivity contribution in [3.05, 3.63) is 117 Å². The molecule has 0 radical (unpaired) electrons. The second-order valence-corrected chi connectivity index (χ2v) is 8.81. The van der Waals surface area contributed by atoms with Crippen LogP contribution in [0, 0.1) is 41.1 Å². The van der Waals surface area contributed by atoms with Gasteiger partial charge in [-0.2, -0.15) is 5.26 Å². The minimum atomic E-state index is -0.426. The summed E-state index contributed by atoms with van der Waals surface area (Å²) in [7, 11) is 0. The minimum Gasteiger partial charge on any atom is -0.318 e. The molecule has 0 atom stereocenters. The van der Waals surface area contributed by atoms with Crippen LogP contribution in [0.3, 0.4) is 0 Å². The lowest BCUT2D eigenvalue weighted by Gasteiger charge is -2.11. The van der Waals surface area contributed by atoms with Gasteiger partial charge in [0.15, 0.2) is 0 Å². The van der Waals surface area contributed by atoms with Crippen LogP contribution >= 0.6 is 11.8 Å². The zero-order chi connectivity index (χ0) is 24.2. The van der Waals surface area contributed by atoms with Gasteiger partial charge >= 0.3 is 0 Å². The first-order valence-corrected chi connectivity index (χ1v) is 11.3. The summed E-state index contributed by atoms with van der Waals surface area (Å²) in [6, 6.07) is 24.8. The summed E-state index contributed by atoms with van der Waals surface area (Å²) < 4.78 is 16.3. The topological polar surface area (TPSA) is 71.9 Å². The molecule has 0 spiro atoms. The van der Waals surface area contributed by atoms with Crippen molar-refractivity contribution >= 4 is 29.1 Å². The fourth-order valence-electron chi connectivity index (χ4n) is 3.77. The third-order valence-electron chi connectivity index (χ3n) is 5.43. The van der Waals surface area contributed by atoms with E-state index in [2.05, 4.69) is 10.6 Å². The fraction of sp³-hybridized carbons (Fsp3) is 0.0741. The Bertz CT molecular complexity index is 1430. The smallest absolute Gasteiger partial charge is 0.269 e. The third kappa shape index (κ3) is 4.77. The van der Waals surface area contributed by atoms with Crippen LogP contribution in [-0.2, 0) is 0 Å². The third-order valence-corrected chi connectivity index (χ3v) is 6.45. The van der Waals surface area contributed by atoms with Crippen LogP contribution in [-0.4, -0.2) is 9.49 Å². The monoisotopic (exact) mass is 469 g/mol. The summed E-state index contributed by atoms with van der Waals surface area (Å²) in [6.07, 6.45) is 1.72. The summed E-state index contributed by atoms with van der Waals surface area (Å²) in [6.45, 7) is 3.95. The highest BCUT2D eigenvalue weighted by molar-refractivity contribution is 7.99. The number of nitriles is 1. The first-order valence-electron chi connectivity index (χ1n) is 10.5. The second kappa shape index (κ2) is 9.77. The molecule has 0 N–H and O–H groups in total. The van der Waals surface area contributed by atoms with Gasteiger partial charge in [0, 0.05) is 44.6 Å². The van der Waals surface area contributed by atoms with Crippen LogP contribution in [0.5, 0.6) is 0 Å². The first kappa shape index (κ1) is 23.0. The number of allylic oxidation sites excluding steroid dienone is 1. The maximum atomic E-state index is 14.2. The molecule has 1 heterocycles. The number of halogens is 1. The van der Waals surface area contributed by atoms with Crippen LogP contribution in [0.1, 0.15) is 22.5 Å². The predicted molar refractivity (Wildman–Crippen MR) is 132 cm³/mol. The van der Waals surface area contributed by atoms with Gasteiger partial charge in [-0.05, 0) is 74.0 Å². The van der Waals surface area contributed by atoms with Crippen molar-refractivity contribution in [2.75, 3.05) is 0 Å². The van der Waals surface area contributed by atoms with Gasteiger partial charge in [-0.3, -0.25) is 10.1 Å². The molecule has 0 aliphatic heterocycles. The quantitative estimate of drug-likeness (QED) is 0.168. The number of nitro groups is 1. The van der Waals surface area contributed by atoms with Crippen molar-refractivity contribution in [3.63, 3.8) is 0 Å². The molecule has 0 aliphatic rings. The summed E-state index contributed by atoms with van der Waals surface area (Å²) in [4.78, 5) is 12.3. The van der Waals surface area contributed by atoms with E-state index in [9.17, 15) is 19.8 Å². The molecule has 4 aromatic rings. The number of hydrogen-bond donors (Lipinski definition) is 0. The molecule has 4 rings (SSSR count). The molecule has 7 heteroatoms. The van der Waals surface area contributed by atoms with E-state index in [4.69, 9.17) is 0 Å². The van der Waals surface area contributed by atoms with Crippen molar-refractivity contribution in [2.24, 2.45) is 0 Å². The SMILES string of the molecule is Cc1cc(C=C(C#N)c2ccccc2F)c(C)n1-c1ccc(Sc2ccc([N+](=O)[O-])cc2)cc1. The lowest BCUT2D eigenvalue weighted by molar-refractivity contribution is -0.384. The normalized spacial score (nSPS) is 11.3. The molecule has 0 fully saturated rings. The number of non-ortho nitro benzene ring substituents is 1. The van der Waals surface area contributed by atoms with Crippen molar-refractivity contribution < 1.29 is 9.31 Å². The Morgan fingerprint density at radius 2 is 1.65 bits per heavy atom. The summed E-state index contributed by atoms with van der Waals surface area (Å²) in [5.41, 5.74) is 4.37. The molecule has 0 amide bonds. The number of hydrogen-bond acceptors (Lipinski definition) is 4. The number of aryl methyl sites for hydroxylation is 1. The lowest BCUT2D eigenvalue weighted by Crippen LogP contribution is -1.99. The predicted octanol–water partition coefficient (Wildman–Crippen LogP) is 7.36. The number of nitrogens with zero attached hydrogens (tertiary/aromatic N) is 3. The molecule has 0 bridgehead atoms. The molecule has 168 valence electrons. The van der Waals surface area contributed by atoms with Gasteiger partial charge in [0.1, 0.15) is 5.82 Å². The maximum absolute atomic E-state index is 14.2. The maximum Gasteiger partial charge on any atom is 0.269 e. The van der Waals surface area contributed by atoms with E-state index in [1.165, 1.54) is 30.0 Å². The van der Waals surface area contributed by atoms with Crippen molar-refractivity contribution in [1.82, 2.24) is 4.57 Å². The van der Waals surface area contributed by atoms with Gasteiger partial charge in [0.05, 0.1) is 16.6 Å². The zero-order valence-electron chi connectivity index (χ0n) is 18.5. The highest BCUT2D eigenvalue weighted by atomic mass is 32.2. The average Bonchev–Trinajstić information content (AvgIpc) is 3.11. The zero-order valence-corrected chi connectivity index (χ0v) is 19.3. The number of rotatable bonds is 6. The molecule has 0 unspecified atom stereocenters. The van der Waals surface area contributed by atoms with Crippen molar-refractivity contribution in [1.29, 1.82) is 5.26 Å². The van der Waals surface area contributed by atoms with E-state index in [0.717, 1.165) is 32.4 Å². The van der Waals surface area contributed by atoms with Crippen LogP contribution < -0.4 is 0 Å². The van der Waals surface area contributed by atoms with Gasteiger partial charge < -0.3 is 4.57 Å². The lowest BCUT2D eigenvalue weighted by atomic mass is 10.0. The molecule has 34 heavy (non-hydrogen) atoms. The van der Waals surface area contributed by atoms with Gasteiger partial charge in [-0.15, -0.1) is 0 Å². The van der Waals surface area contributed by atoms with E-state index < -0.39 is 10.7 Å². The summed E-state index contributed by atoms with van der Waals surface area (Å²) in [5.74, 6) is -0.426. The molecule has 1 aromatic heterocycles. The Morgan fingerprint density at radius 1 is 1.03 bits per heavy atom. The molecule has 0 aliphatic carbocycles. The fourth-order valence-corrected chi connectivity index (χ4v) is 4.59. The Kier molecular flexibility index (Phi) is 6.62. The second-order valence-electron chi connectivity index (χ2n) is 7.66. The molecular weight excluding hydrogens is 449 g/mol. The molecule has 3 aromatic carbocycles. The largest absolute Gasteiger partial charge is 0.318 e. The highest BCUT2D eigenvalue weighted by Crippen LogP contribution is 2.31. The van der Waals surface area contributed by atoms with Crippen LogP contribution in [0.15, 0.2) is 88.7 Å². The average molecular weight is 470 g/mol. The first-order chi connectivity index (χ1) is 16.4. The Hall–Kier alpha value is -4.15. The van der Waals surface area contributed by atoms with Gasteiger partial charge in [0.2, 0.25) is 0 Å². The number of aromatic nitrogens is 1. The Balaban J connectivity index is 1.60. The van der Waals surface area contributed by atoms with Crippen LogP contribution in [0.2, 0.25) is 0 Å². The molecular formula is C27H20FN3O2S. The van der Waals surface area contributed by atoms with E-state index in [0.29, 0.717) is 0 Å². The minimum absolute atomic E-state index is 0.0673.